The number of nitrogens with zero attached hydrogens (tertiary/aromatic N) is 7. The summed E-state index contributed by atoms with van der Waals surface area (Å²) < 4.78 is 9.61. The van der Waals surface area contributed by atoms with E-state index in [1.165, 1.54) is 22.5 Å². The molecule has 11 heteroatoms. The van der Waals surface area contributed by atoms with Crippen LogP contribution in [0.2, 0.25) is 0 Å². The minimum atomic E-state index is -0.468. The zero-order valence-electron chi connectivity index (χ0n) is 16.2. The number of aryl methyl sites for hydroxylation is 1. The smallest absolute Gasteiger partial charge is 0.332 e. The highest BCUT2D eigenvalue weighted by Gasteiger charge is 2.25. The number of carbonyl (C=O) groups is 1. The first-order valence-corrected chi connectivity index (χ1v) is 9.28. The van der Waals surface area contributed by atoms with Crippen molar-refractivity contribution in [2.45, 2.75) is 25.5 Å². The molecule has 0 spiro atoms. The Morgan fingerprint density at radius 1 is 1.21 bits per heavy atom. The Hall–Kier alpha value is -3.50. The molecule has 1 fully saturated rings. The minimum absolute atomic E-state index is 0.0143. The molecule has 0 bridgehead atoms. The maximum absolute atomic E-state index is 12.8. The molecule has 0 saturated carbocycles. The Labute approximate surface area is 165 Å². The van der Waals surface area contributed by atoms with Crippen LogP contribution < -0.4 is 16.0 Å². The standard InChI is InChI=1S/C18H21N7O4/c1-22-16-15(17(27)23(2)18(22)28)25(11-19-16)10-14(26)24-8-5-12(6-9-24)29-13-4-3-7-20-21-13/h3-4,7,11-12H,5-6,8-10H2,1-2H3. The maximum Gasteiger partial charge on any atom is 0.332 e. The van der Waals surface area contributed by atoms with Crippen molar-refractivity contribution in [3.63, 3.8) is 0 Å². The van der Waals surface area contributed by atoms with Crippen LogP contribution in [-0.2, 0) is 25.4 Å². The normalized spacial score (nSPS) is 15.0. The number of ether oxygens (including phenoxy) is 1. The van der Waals surface area contributed by atoms with Crippen LogP contribution in [-0.4, -0.2) is 58.9 Å². The highest BCUT2D eigenvalue weighted by atomic mass is 16.5. The average molecular weight is 399 g/mol. The van der Waals surface area contributed by atoms with Gasteiger partial charge in [-0.25, -0.2) is 9.78 Å². The van der Waals surface area contributed by atoms with Crippen LogP contribution in [0.5, 0.6) is 5.88 Å². The second-order valence-electron chi connectivity index (χ2n) is 7.01. The van der Waals surface area contributed by atoms with Gasteiger partial charge in [0, 0.05) is 52.3 Å². The van der Waals surface area contributed by atoms with Gasteiger partial charge in [-0.2, -0.15) is 5.10 Å². The third-order valence-electron chi connectivity index (χ3n) is 5.15. The summed E-state index contributed by atoms with van der Waals surface area (Å²) in [4.78, 5) is 43.2. The molecule has 1 aliphatic heterocycles. The van der Waals surface area contributed by atoms with Crippen LogP contribution in [0.15, 0.2) is 34.2 Å². The van der Waals surface area contributed by atoms with Gasteiger partial charge in [0.15, 0.2) is 11.2 Å². The second kappa shape index (κ2) is 7.49. The van der Waals surface area contributed by atoms with Gasteiger partial charge in [0.2, 0.25) is 11.8 Å². The first-order valence-electron chi connectivity index (χ1n) is 9.28. The fourth-order valence-electron chi connectivity index (χ4n) is 3.51. The Morgan fingerprint density at radius 2 is 1.97 bits per heavy atom. The minimum Gasteiger partial charge on any atom is -0.473 e. The summed E-state index contributed by atoms with van der Waals surface area (Å²) >= 11 is 0. The monoisotopic (exact) mass is 399 g/mol. The highest BCUT2D eigenvalue weighted by Crippen LogP contribution is 2.17. The largest absolute Gasteiger partial charge is 0.473 e. The van der Waals surface area contributed by atoms with E-state index in [2.05, 4.69) is 15.2 Å². The molecule has 152 valence electrons. The number of rotatable bonds is 4. The van der Waals surface area contributed by atoms with E-state index in [0.717, 1.165) is 4.57 Å². The molecule has 0 atom stereocenters. The zero-order chi connectivity index (χ0) is 20.5. The molecule has 0 aromatic carbocycles. The van der Waals surface area contributed by atoms with Crippen molar-refractivity contribution >= 4 is 17.1 Å². The molecule has 0 N–H and O–H groups in total. The van der Waals surface area contributed by atoms with E-state index < -0.39 is 11.2 Å². The quantitative estimate of drug-likeness (QED) is 0.569. The van der Waals surface area contributed by atoms with Crippen molar-refractivity contribution < 1.29 is 9.53 Å². The van der Waals surface area contributed by atoms with Crippen molar-refractivity contribution in [2.75, 3.05) is 13.1 Å². The van der Waals surface area contributed by atoms with Gasteiger partial charge >= 0.3 is 5.69 Å². The molecule has 11 nitrogen and oxygen atoms in total. The van der Waals surface area contributed by atoms with Crippen molar-refractivity contribution in [3.8, 4) is 5.88 Å². The molecule has 0 aliphatic carbocycles. The van der Waals surface area contributed by atoms with Crippen LogP contribution in [0.25, 0.3) is 11.2 Å². The van der Waals surface area contributed by atoms with E-state index in [9.17, 15) is 14.4 Å². The topological polar surface area (TPSA) is 117 Å². The van der Waals surface area contributed by atoms with Crippen molar-refractivity contribution in [1.29, 1.82) is 0 Å². The molecule has 29 heavy (non-hydrogen) atoms. The van der Waals surface area contributed by atoms with Crippen molar-refractivity contribution in [2.24, 2.45) is 14.1 Å². The van der Waals surface area contributed by atoms with E-state index in [1.54, 1.807) is 30.3 Å². The van der Waals surface area contributed by atoms with Gasteiger partial charge in [0.1, 0.15) is 12.6 Å². The Kier molecular flexibility index (Phi) is 4.87. The lowest BCUT2D eigenvalue weighted by Gasteiger charge is -2.32. The van der Waals surface area contributed by atoms with Gasteiger partial charge in [-0.1, -0.05) is 0 Å². The fraction of sp³-hybridized carbons (Fsp3) is 0.444. The second-order valence-corrected chi connectivity index (χ2v) is 7.01. The van der Waals surface area contributed by atoms with Gasteiger partial charge in [-0.15, -0.1) is 5.10 Å². The number of amides is 1. The Morgan fingerprint density at radius 3 is 2.66 bits per heavy atom. The number of piperidine rings is 1. The van der Waals surface area contributed by atoms with Crippen LogP contribution in [0, 0.1) is 0 Å². The van der Waals surface area contributed by atoms with E-state index >= 15 is 0 Å². The summed E-state index contributed by atoms with van der Waals surface area (Å²) in [7, 11) is 2.95. The Bertz CT molecular complexity index is 1160. The number of imidazole rings is 1. The summed E-state index contributed by atoms with van der Waals surface area (Å²) in [6, 6.07) is 3.51. The first-order chi connectivity index (χ1) is 14.0. The number of fused-ring (bicyclic) bond motifs is 1. The number of aromatic nitrogens is 6. The lowest BCUT2D eigenvalue weighted by molar-refractivity contribution is -0.133. The molecule has 1 amide bonds. The number of likely N-dealkylation sites (tertiary alicyclic amines) is 1. The Balaban J connectivity index is 1.44. The summed E-state index contributed by atoms with van der Waals surface area (Å²) in [6.07, 6.45) is 4.35. The molecule has 4 heterocycles. The molecule has 3 aromatic heterocycles. The number of carbonyl (C=O) groups excluding carboxylic acids is 1. The molecule has 0 unspecified atom stereocenters. The number of hydrogen-bond donors (Lipinski definition) is 0. The predicted octanol–water partition coefficient (Wildman–Crippen LogP) is -0.706. The summed E-state index contributed by atoms with van der Waals surface area (Å²) in [5.41, 5.74) is -0.417. The summed E-state index contributed by atoms with van der Waals surface area (Å²) in [5.74, 6) is 0.363. The lowest BCUT2D eigenvalue weighted by atomic mass is 10.1. The molecular formula is C18H21N7O4. The third-order valence-corrected chi connectivity index (χ3v) is 5.15. The van der Waals surface area contributed by atoms with Gasteiger partial charge < -0.3 is 14.2 Å². The van der Waals surface area contributed by atoms with E-state index in [0.29, 0.717) is 31.8 Å². The van der Waals surface area contributed by atoms with Crippen LogP contribution in [0.3, 0.4) is 0 Å². The summed E-state index contributed by atoms with van der Waals surface area (Å²) in [6.45, 7) is 1.08. The molecule has 0 radical (unpaired) electrons. The van der Waals surface area contributed by atoms with Crippen LogP contribution in [0.4, 0.5) is 0 Å². The summed E-state index contributed by atoms with van der Waals surface area (Å²) in [5, 5.41) is 7.70. The predicted molar refractivity (Wildman–Crippen MR) is 102 cm³/mol. The van der Waals surface area contributed by atoms with Gasteiger partial charge in [-0.05, 0) is 6.07 Å². The SMILES string of the molecule is Cn1c(=O)c2c(ncn2CC(=O)N2CCC(Oc3cccnn3)CC2)n(C)c1=O. The van der Waals surface area contributed by atoms with E-state index in [-0.39, 0.29) is 29.7 Å². The fourth-order valence-corrected chi connectivity index (χ4v) is 3.51. The van der Waals surface area contributed by atoms with Gasteiger partial charge in [-0.3, -0.25) is 18.7 Å². The molecule has 1 aliphatic rings. The maximum atomic E-state index is 12.8. The van der Waals surface area contributed by atoms with Gasteiger partial charge in [0.25, 0.3) is 5.56 Å². The molecule has 1 saturated heterocycles. The van der Waals surface area contributed by atoms with E-state index in [1.807, 2.05) is 0 Å². The highest BCUT2D eigenvalue weighted by molar-refractivity contribution is 5.79. The van der Waals surface area contributed by atoms with E-state index in [4.69, 9.17) is 4.74 Å². The first kappa shape index (κ1) is 18.8. The van der Waals surface area contributed by atoms with Gasteiger partial charge in [0.05, 0.1) is 6.33 Å². The van der Waals surface area contributed by atoms with Crippen molar-refractivity contribution in [1.82, 2.24) is 33.8 Å². The van der Waals surface area contributed by atoms with Crippen LogP contribution >= 0.6 is 0 Å². The third kappa shape index (κ3) is 3.50. The molecule has 4 rings (SSSR count). The van der Waals surface area contributed by atoms with Crippen molar-refractivity contribution in [3.05, 3.63) is 45.5 Å². The molecular weight excluding hydrogens is 378 g/mol. The number of hydrogen-bond acceptors (Lipinski definition) is 7. The van der Waals surface area contributed by atoms with Crippen LogP contribution in [0.1, 0.15) is 12.8 Å². The molecule has 3 aromatic rings. The average Bonchev–Trinajstić information content (AvgIpc) is 3.15. The zero-order valence-corrected chi connectivity index (χ0v) is 16.2. The lowest BCUT2D eigenvalue weighted by Crippen LogP contribution is -2.43.